The molecule has 0 aliphatic carbocycles. The number of nitrogens with one attached hydrogen (secondary N) is 1. The highest BCUT2D eigenvalue weighted by molar-refractivity contribution is 8.01. The van der Waals surface area contributed by atoms with E-state index in [9.17, 15) is 19.5 Å². The van der Waals surface area contributed by atoms with Gasteiger partial charge in [-0.2, -0.15) is 9.36 Å². The molecule has 40 heavy (non-hydrogen) atoms. The van der Waals surface area contributed by atoms with E-state index >= 15 is 0 Å². The number of nitrogen functional groups attached to an aromatic ring is 1. The van der Waals surface area contributed by atoms with Crippen LogP contribution in [0.1, 0.15) is 5.82 Å². The summed E-state index contributed by atoms with van der Waals surface area (Å²) >= 11 is 4.92. The van der Waals surface area contributed by atoms with Crippen molar-refractivity contribution in [3.05, 3.63) is 52.9 Å². The zero-order chi connectivity index (χ0) is 28.1. The quantitative estimate of drug-likeness (QED) is 0.0863. The third-order valence-electron chi connectivity index (χ3n) is 5.46. The lowest BCUT2D eigenvalue weighted by atomic mass is 10.0. The standard InChI is InChI=1S/C22H20N8O6S4/c23-21-26-16(29-40-21)13(28-36-7-6-35-12-4-2-1-3-5-12)17(31)25-14-18(32)30-15(20(33)34)11(8-37-19(14)30)9-38-22-27-24-10-39-22/h1-5,10,14,19H,6-9H2,(H,25,31)(H,33,34)(H2,23,26,29)/b28-13+/t14?,19-/m1/s1. The number of nitrogens with zero attached hydrogens (tertiary/aromatic N) is 6. The monoisotopic (exact) mass is 620 g/mol. The summed E-state index contributed by atoms with van der Waals surface area (Å²) in [5.74, 6) is -1.24. The number of fused-ring (bicyclic) bond motifs is 1. The molecule has 0 spiro atoms. The molecular formula is C22H20N8O6S4. The Balaban J connectivity index is 1.24. The maximum atomic E-state index is 13.2. The average molecular weight is 621 g/mol. The Morgan fingerprint density at radius 1 is 1.27 bits per heavy atom. The van der Waals surface area contributed by atoms with Crippen LogP contribution in [0.3, 0.4) is 0 Å². The highest BCUT2D eigenvalue weighted by Crippen LogP contribution is 2.41. The molecule has 0 bridgehead atoms. The molecule has 2 aliphatic heterocycles. The molecule has 14 nitrogen and oxygen atoms in total. The lowest BCUT2D eigenvalue weighted by Crippen LogP contribution is -2.71. The molecule has 1 unspecified atom stereocenters. The van der Waals surface area contributed by atoms with E-state index in [-0.39, 0.29) is 35.6 Å². The third-order valence-corrected chi connectivity index (χ3v) is 9.29. The summed E-state index contributed by atoms with van der Waals surface area (Å²) in [5, 5.41) is 23.6. The SMILES string of the molecule is Nc1nc(/C(=N\OCCOc2ccccc2)C(=O)NC2C(=O)N3C(C(=O)O)=C(CSc4nncs4)CS[C@H]23)ns1. The van der Waals surface area contributed by atoms with E-state index < -0.39 is 29.2 Å². The van der Waals surface area contributed by atoms with Crippen LogP contribution < -0.4 is 15.8 Å². The van der Waals surface area contributed by atoms with Gasteiger partial charge in [0.25, 0.3) is 11.8 Å². The molecule has 1 saturated heterocycles. The number of anilines is 1. The van der Waals surface area contributed by atoms with Gasteiger partial charge in [0.2, 0.25) is 11.5 Å². The molecule has 208 valence electrons. The van der Waals surface area contributed by atoms with E-state index in [1.54, 1.807) is 17.6 Å². The first-order chi connectivity index (χ1) is 19.4. The smallest absolute Gasteiger partial charge is 0.352 e. The number of benzene rings is 1. The van der Waals surface area contributed by atoms with Crippen LogP contribution in [0.5, 0.6) is 5.75 Å². The summed E-state index contributed by atoms with van der Waals surface area (Å²) in [6, 6.07) is 8.12. The molecule has 2 amide bonds. The third kappa shape index (κ3) is 6.19. The molecule has 4 heterocycles. The maximum Gasteiger partial charge on any atom is 0.352 e. The first kappa shape index (κ1) is 27.8. The van der Waals surface area contributed by atoms with Crippen LogP contribution in [0.2, 0.25) is 0 Å². The molecule has 2 aromatic heterocycles. The van der Waals surface area contributed by atoms with Crippen LogP contribution in [0, 0.1) is 0 Å². The van der Waals surface area contributed by atoms with Crippen molar-refractivity contribution in [2.75, 3.05) is 30.5 Å². The minimum Gasteiger partial charge on any atom is -0.490 e. The zero-order valence-corrected chi connectivity index (χ0v) is 23.6. The van der Waals surface area contributed by atoms with Gasteiger partial charge in [0.1, 0.15) is 35.0 Å². The first-order valence-corrected chi connectivity index (χ1v) is 15.2. The fourth-order valence-corrected chi connectivity index (χ4v) is 7.13. The van der Waals surface area contributed by atoms with Gasteiger partial charge in [-0.25, -0.2) is 4.79 Å². The number of nitrogens with two attached hydrogens (primary N) is 1. The van der Waals surface area contributed by atoms with E-state index in [1.165, 1.54) is 39.8 Å². The van der Waals surface area contributed by atoms with E-state index in [1.807, 2.05) is 18.2 Å². The summed E-state index contributed by atoms with van der Waals surface area (Å²) < 4.78 is 10.3. The first-order valence-electron chi connectivity index (χ1n) is 11.5. The van der Waals surface area contributed by atoms with Gasteiger partial charge in [0.05, 0.1) is 0 Å². The van der Waals surface area contributed by atoms with Gasteiger partial charge in [-0.3, -0.25) is 14.5 Å². The lowest BCUT2D eigenvalue weighted by Gasteiger charge is -2.49. The minimum atomic E-state index is -1.22. The summed E-state index contributed by atoms with van der Waals surface area (Å²) in [5.41, 5.74) is 7.50. The molecule has 4 N–H and O–H groups in total. The van der Waals surface area contributed by atoms with Crippen LogP contribution in [0.25, 0.3) is 0 Å². The molecule has 2 atom stereocenters. The molecule has 1 aromatic carbocycles. The number of carboxylic acids is 1. The van der Waals surface area contributed by atoms with E-state index in [2.05, 4.69) is 30.0 Å². The highest BCUT2D eigenvalue weighted by Gasteiger charge is 2.54. The number of carbonyl (C=O) groups excluding carboxylic acids is 2. The molecule has 0 radical (unpaired) electrons. The van der Waals surface area contributed by atoms with Gasteiger partial charge in [-0.1, -0.05) is 46.5 Å². The predicted molar refractivity (Wildman–Crippen MR) is 149 cm³/mol. The predicted octanol–water partition coefficient (Wildman–Crippen LogP) is 1.30. The number of rotatable bonds is 12. The highest BCUT2D eigenvalue weighted by atomic mass is 32.2. The molecule has 3 aromatic rings. The number of thioether (sulfide) groups is 2. The van der Waals surface area contributed by atoms with Gasteiger partial charge in [0, 0.05) is 23.0 Å². The Morgan fingerprint density at radius 2 is 2.10 bits per heavy atom. The number of ether oxygens (including phenoxy) is 1. The second-order valence-electron chi connectivity index (χ2n) is 8.00. The van der Waals surface area contributed by atoms with E-state index in [4.69, 9.17) is 15.3 Å². The van der Waals surface area contributed by atoms with Gasteiger partial charge < -0.3 is 25.7 Å². The molecule has 1 fully saturated rings. The Morgan fingerprint density at radius 3 is 2.80 bits per heavy atom. The number of carboxylic acid groups (broad SMARTS) is 1. The summed E-state index contributed by atoms with van der Waals surface area (Å²) in [4.78, 5) is 48.8. The maximum absolute atomic E-state index is 13.2. The van der Waals surface area contributed by atoms with Crippen molar-refractivity contribution in [3.63, 3.8) is 0 Å². The normalized spacial score (nSPS) is 18.6. The average Bonchev–Trinajstić information content (AvgIpc) is 3.64. The van der Waals surface area contributed by atoms with Crippen molar-refractivity contribution < 1.29 is 29.1 Å². The number of β-lactam (4-membered cyclic amide) rings is 1. The Hall–Kier alpha value is -3.74. The molecule has 2 aliphatic rings. The Kier molecular flexibility index (Phi) is 8.78. The van der Waals surface area contributed by atoms with Crippen LogP contribution in [-0.2, 0) is 19.2 Å². The second-order valence-corrected chi connectivity index (χ2v) is 11.9. The van der Waals surface area contributed by atoms with Gasteiger partial charge in [0.15, 0.2) is 16.1 Å². The van der Waals surface area contributed by atoms with Crippen molar-refractivity contribution >= 4 is 75.0 Å². The van der Waals surface area contributed by atoms with Gasteiger partial charge in [-0.05, 0) is 17.7 Å². The number of hydrogen-bond acceptors (Lipinski definition) is 15. The number of aliphatic carboxylic acids is 1. The topological polar surface area (TPSA) is 195 Å². The Bertz CT molecular complexity index is 1450. The fraction of sp³-hybridized carbons (Fsp3) is 0.273. The second kappa shape index (κ2) is 12.6. The number of amides is 2. The number of hydrogen-bond donors (Lipinski definition) is 3. The van der Waals surface area contributed by atoms with E-state index in [0.717, 1.165) is 11.5 Å². The van der Waals surface area contributed by atoms with Crippen molar-refractivity contribution in [2.24, 2.45) is 5.16 Å². The van der Waals surface area contributed by atoms with Crippen LogP contribution in [0.15, 0.2) is 56.6 Å². The summed E-state index contributed by atoms with van der Waals surface area (Å²) in [6.45, 7) is 0.179. The Labute approximate surface area is 243 Å². The molecule has 18 heteroatoms. The summed E-state index contributed by atoms with van der Waals surface area (Å²) in [6.07, 6.45) is 0. The van der Waals surface area contributed by atoms with Crippen LogP contribution >= 0.6 is 46.4 Å². The van der Waals surface area contributed by atoms with Gasteiger partial charge >= 0.3 is 5.97 Å². The molecular weight excluding hydrogens is 601 g/mol. The number of oxime groups is 1. The van der Waals surface area contributed by atoms with Crippen molar-refractivity contribution in [1.82, 2.24) is 29.8 Å². The van der Waals surface area contributed by atoms with E-state index in [0.29, 0.717) is 27.2 Å². The van der Waals surface area contributed by atoms with Crippen molar-refractivity contribution in [1.29, 1.82) is 0 Å². The van der Waals surface area contributed by atoms with Crippen molar-refractivity contribution in [3.8, 4) is 5.75 Å². The fourth-order valence-electron chi connectivity index (χ4n) is 3.72. The number of para-hydroxylation sites is 1. The van der Waals surface area contributed by atoms with Crippen LogP contribution in [0.4, 0.5) is 5.13 Å². The van der Waals surface area contributed by atoms with Crippen LogP contribution in [-0.4, -0.2) is 89.2 Å². The molecule has 5 rings (SSSR count). The lowest BCUT2D eigenvalue weighted by molar-refractivity contribution is -0.150. The zero-order valence-electron chi connectivity index (χ0n) is 20.3. The molecule has 0 saturated carbocycles. The summed E-state index contributed by atoms with van der Waals surface area (Å²) in [7, 11) is 0. The van der Waals surface area contributed by atoms with Gasteiger partial charge in [-0.15, -0.1) is 22.0 Å². The van der Waals surface area contributed by atoms with Crippen molar-refractivity contribution in [2.45, 2.75) is 15.8 Å². The number of carbonyl (C=O) groups is 3. The largest absolute Gasteiger partial charge is 0.490 e. The number of aromatic nitrogens is 4. The minimum absolute atomic E-state index is 0.0184.